The summed E-state index contributed by atoms with van der Waals surface area (Å²) in [6.07, 6.45) is 0.957. The Hall–Kier alpha value is -1.79. The molecule has 0 atom stereocenters. The van der Waals surface area contributed by atoms with Crippen molar-refractivity contribution in [2.24, 2.45) is 5.73 Å². The van der Waals surface area contributed by atoms with E-state index in [1.807, 2.05) is 0 Å². The lowest BCUT2D eigenvalue weighted by Crippen LogP contribution is -2.37. The van der Waals surface area contributed by atoms with E-state index in [0.717, 1.165) is 26.1 Å². The molecule has 21 heavy (non-hydrogen) atoms. The van der Waals surface area contributed by atoms with E-state index in [2.05, 4.69) is 5.32 Å². The summed E-state index contributed by atoms with van der Waals surface area (Å²) >= 11 is 0. The number of hydrogen-bond acceptors (Lipinski definition) is 4. The van der Waals surface area contributed by atoms with Crippen LogP contribution >= 0.6 is 12.4 Å². The van der Waals surface area contributed by atoms with Crippen molar-refractivity contribution in [3.05, 3.63) is 29.8 Å². The number of carbonyl (C=O) groups is 2. The molecule has 0 spiro atoms. The molecule has 0 aromatic heterocycles. The maximum absolute atomic E-state index is 12.0. The van der Waals surface area contributed by atoms with Gasteiger partial charge in [-0.3, -0.25) is 9.59 Å². The minimum Gasteiger partial charge on any atom is -0.484 e. The molecule has 2 amide bonds. The smallest absolute Gasteiger partial charge is 0.260 e. The molecule has 0 saturated carbocycles. The van der Waals surface area contributed by atoms with Gasteiger partial charge in [0.2, 0.25) is 5.91 Å². The number of primary amides is 1. The predicted molar refractivity (Wildman–Crippen MR) is 81.8 cm³/mol. The number of benzene rings is 1. The van der Waals surface area contributed by atoms with E-state index < -0.39 is 5.91 Å². The number of rotatable bonds is 4. The number of ether oxygens (including phenoxy) is 1. The van der Waals surface area contributed by atoms with Crippen molar-refractivity contribution >= 4 is 24.2 Å². The summed E-state index contributed by atoms with van der Waals surface area (Å²) < 4.78 is 5.43. The van der Waals surface area contributed by atoms with Gasteiger partial charge in [0.05, 0.1) is 0 Å². The van der Waals surface area contributed by atoms with Crippen molar-refractivity contribution in [1.82, 2.24) is 10.2 Å². The highest BCUT2D eigenvalue weighted by molar-refractivity contribution is 5.92. The fraction of sp³-hybridized carbons (Fsp3) is 0.429. The Morgan fingerprint density at radius 2 is 1.90 bits per heavy atom. The van der Waals surface area contributed by atoms with Gasteiger partial charge >= 0.3 is 0 Å². The van der Waals surface area contributed by atoms with Crippen LogP contribution in [0.5, 0.6) is 5.75 Å². The largest absolute Gasteiger partial charge is 0.484 e. The molecule has 1 aliphatic heterocycles. The van der Waals surface area contributed by atoms with Gasteiger partial charge in [-0.2, -0.15) is 0 Å². The monoisotopic (exact) mass is 313 g/mol. The third kappa shape index (κ3) is 5.24. The van der Waals surface area contributed by atoms with E-state index in [-0.39, 0.29) is 24.9 Å². The molecule has 0 aliphatic carbocycles. The van der Waals surface area contributed by atoms with Crippen molar-refractivity contribution in [2.75, 3.05) is 32.8 Å². The lowest BCUT2D eigenvalue weighted by Gasteiger charge is -2.20. The average Bonchev–Trinajstić information content (AvgIpc) is 2.74. The third-order valence-corrected chi connectivity index (χ3v) is 3.19. The van der Waals surface area contributed by atoms with Gasteiger partial charge in [0.25, 0.3) is 5.91 Å². The Balaban J connectivity index is 0.00000220. The van der Waals surface area contributed by atoms with E-state index in [4.69, 9.17) is 10.5 Å². The second-order valence-corrected chi connectivity index (χ2v) is 4.66. The first-order valence-corrected chi connectivity index (χ1v) is 6.68. The summed E-state index contributed by atoms with van der Waals surface area (Å²) in [6.45, 7) is 3.24. The quantitative estimate of drug-likeness (QED) is 0.843. The molecule has 1 aromatic carbocycles. The Labute approximate surface area is 130 Å². The number of nitrogens with one attached hydrogen (secondary N) is 1. The van der Waals surface area contributed by atoms with Crippen LogP contribution in [0, 0.1) is 0 Å². The van der Waals surface area contributed by atoms with Crippen LogP contribution in [0.1, 0.15) is 16.8 Å². The molecule has 3 N–H and O–H groups in total. The fourth-order valence-electron chi connectivity index (χ4n) is 2.05. The molecule has 1 fully saturated rings. The highest BCUT2D eigenvalue weighted by atomic mass is 35.5. The van der Waals surface area contributed by atoms with Crippen LogP contribution < -0.4 is 15.8 Å². The second-order valence-electron chi connectivity index (χ2n) is 4.66. The van der Waals surface area contributed by atoms with Crippen molar-refractivity contribution in [1.29, 1.82) is 0 Å². The molecule has 1 aromatic rings. The van der Waals surface area contributed by atoms with Gasteiger partial charge in [-0.25, -0.2) is 0 Å². The first-order chi connectivity index (χ1) is 9.66. The highest BCUT2D eigenvalue weighted by Gasteiger charge is 2.15. The number of amides is 2. The zero-order valence-corrected chi connectivity index (χ0v) is 12.5. The molecular formula is C14H20ClN3O3. The van der Waals surface area contributed by atoms with Crippen molar-refractivity contribution in [2.45, 2.75) is 6.42 Å². The lowest BCUT2D eigenvalue weighted by atomic mass is 10.2. The SMILES string of the molecule is Cl.NC(=O)c1ccc(OCC(=O)N2CCCNCC2)cc1. The second kappa shape index (κ2) is 8.49. The standard InChI is InChI=1S/C14H19N3O3.ClH/c15-14(19)11-2-4-12(5-3-11)20-10-13(18)17-8-1-6-16-7-9-17;/h2-5,16H,1,6-10H2,(H2,15,19);1H. The summed E-state index contributed by atoms with van der Waals surface area (Å²) in [6, 6.07) is 6.44. The van der Waals surface area contributed by atoms with Crippen LogP contribution in [0.4, 0.5) is 0 Å². The molecule has 1 heterocycles. The van der Waals surface area contributed by atoms with Crippen LogP contribution in [0.2, 0.25) is 0 Å². The van der Waals surface area contributed by atoms with Crippen LogP contribution in [0.25, 0.3) is 0 Å². The van der Waals surface area contributed by atoms with E-state index in [0.29, 0.717) is 17.9 Å². The maximum atomic E-state index is 12.0. The fourth-order valence-corrected chi connectivity index (χ4v) is 2.05. The maximum Gasteiger partial charge on any atom is 0.260 e. The summed E-state index contributed by atoms with van der Waals surface area (Å²) in [5.41, 5.74) is 5.57. The van der Waals surface area contributed by atoms with E-state index in [1.54, 1.807) is 29.2 Å². The molecule has 1 aliphatic rings. The van der Waals surface area contributed by atoms with Crippen LogP contribution in [-0.4, -0.2) is 49.5 Å². The Kier molecular flexibility index (Phi) is 6.98. The van der Waals surface area contributed by atoms with Gasteiger partial charge in [-0.15, -0.1) is 12.4 Å². The predicted octanol–water partition coefficient (Wildman–Crippen LogP) is 0.408. The normalized spacial score (nSPS) is 14.8. The molecule has 2 rings (SSSR count). The van der Waals surface area contributed by atoms with Gasteiger partial charge in [0.15, 0.2) is 6.61 Å². The number of nitrogens with zero attached hydrogens (tertiary/aromatic N) is 1. The minimum absolute atomic E-state index is 0. The summed E-state index contributed by atoms with van der Waals surface area (Å²) in [7, 11) is 0. The summed E-state index contributed by atoms with van der Waals surface area (Å²) in [4.78, 5) is 24.7. The van der Waals surface area contributed by atoms with E-state index in [9.17, 15) is 9.59 Å². The van der Waals surface area contributed by atoms with E-state index >= 15 is 0 Å². The van der Waals surface area contributed by atoms with Gasteiger partial charge in [0.1, 0.15) is 5.75 Å². The average molecular weight is 314 g/mol. The Morgan fingerprint density at radius 3 is 2.57 bits per heavy atom. The van der Waals surface area contributed by atoms with Gasteiger partial charge in [-0.05, 0) is 37.2 Å². The van der Waals surface area contributed by atoms with Crippen molar-refractivity contribution in [3.8, 4) is 5.75 Å². The zero-order valence-electron chi connectivity index (χ0n) is 11.7. The summed E-state index contributed by atoms with van der Waals surface area (Å²) in [5.74, 6) is 0.0497. The molecule has 7 heteroatoms. The summed E-state index contributed by atoms with van der Waals surface area (Å²) in [5, 5.41) is 3.24. The molecule has 0 radical (unpaired) electrons. The number of halogens is 1. The van der Waals surface area contributed by atoms with Crippen LogP contribution in [-0.2, 0) is 4.79 Å². The minimum atomic E-state index is -0.482. The van der Waals surface area contributed by atoms with Crippen LogP contribution in [0.3, 0.4) is 0 Å². The number of nitrogens with two attached hydrogens (primary N) is 1. The van der Waals surface area contributed by atoms with Gasteiger partial charge in [-0.1, -0.05) is 0 Å². The Morgan fingerprint density at radius 1 is 1.19 bits per heavy atom. The number of carbonyl (C=O) groups excluding carboxylic acids is 2. The highest BCUT2D eigenvalue weighted by Crippen LogP contribution is 2.12. The molecule has 6 nitrogen and oxygen atoms in total. The first-order valence-electron chi connectivity index (χ1n) is 6.68. The molecular weight excluding hydrogens is 294 g/mol. The first kappa shape index (κ1) is 17.3. The molecule has 116 valence electrons. The van der Waals surface area contributed by atoms with E-state index in [1.165, 1.54) is 0 Å². The van der Waals surface area contributed by atoms with Crippen molar-refractivity contribution in [3.63, 3.8) is 0 Å². The molecule has 0 unspecified atom stereocenters. The molecule has 0 bridgehead atoms. The zero-order chi connectivity index (χ0) is 14.4. The Bertz CT molecular complexity index is 471. The van der Waals surface area contributed by atoms with Crippen LogP contribution in [0.15, 0.2) is 24.3 Å². The van der Waals surface area contributed by atoms with Gasteiger partial charge in [0, 0.05) is 25.2 Å². The molecule has 1 saturated heterocycles. The third-order valence-electron chi connectivity index (χ3n) is 3.19. The van der Waals surface area contributed by atoms with Crippen molar-refractivity contribution < 1.29 is 14.3 Å². The topological polar surface area (TPSA) is 84.7 Å². The number of hydrogen-bond donors (Lipinski definition) is 2. The lowest BCUT2D eigenvalue weighted by molar-refractivity contribution is -0.133. The van der Waals surface area contributed by atoms with Gasteiger partial charge < -0.3 is 20.7 Å².